The molecule has 0 bridgehead atoms. The number of morpholine rings is 1. The molecular formula is C18H21N3O2. The Morgan fingerprint density at radius 1 is 1.30 bits per heavy atom. The standard InChI is InChI=1S/C18H21N3O2/c1-12-9-21-10-13(8-14(21)11-23-12)20-18(22)16-4-2-6-17-15(16)5-3-7-19-17/h2-7,12-14H,8-11H2,1H3,(H,20,22)/t12-,13+,14-/m0/s1. The summed E-state index contributed by atoms with van der Waals surface area (Å²) in [6, 6.07) is 10.1. The van der Waals surface area contributed by atoms with E-state index in [4.69, 9.17) is 4.74 Å². The number of hydrogen-bond donors (Lipinski definition) is 1. The van der Waals surface area contributed by atoms with E-state index in [2.05, 4.69) is 22.1 Å². The molecule has 2 fully saturated rings. The van der Waals surface area contributed by atoms with Crippen LogP contribution in [0.5, 0.6) is 0 Å². The summed E-state index contributed by atoms with van der Waals surface area (Å²) in [5.74, 6) is -0.0117. The van der Waals surface area contributed by atoms with Crippen LogP contribution >= 0.6 is 0 Å². The summed E-state index contributed by atoms with van der Waals surface area (Å²) in [5.41, 5.74) is 1.55. The number of ether oxygens (including phenoxy) is 1. The van der Waals surface area contributed by atoms with Crippen molar-refractivity contribution in [3.63, 3.8) is 0 Å². The molecule has 5 nitrogen and oxygen atoms in total. The van der Waals surface area contributed by atoms with Crippen molar-refractivity contribution in [3.05, 3.63) is 42.1 Å². The topological polar surface area (TPSA) is 54.5 Å². The Morgan fingerprint density at radius 3 is 3.13 bits per heavy atom. The molecular weight excluding hydrogens is 290 g/mol. The van der Waals surface area contributed by atoms with E-state index in [0.717, 1.165) is 37.0 Å². The Bertz CT molecular complexity index is 728. The van der Waals surface area contributed by atoms with E-state index in [1.54, 1.807) is 6.20 Å². The third-order valence-corrected chi connectivity index (χ3v) is 4.82. The maximum absolute atomic E-state index is 12.7. The lowest BCUT2D eigenvalue weighted by molar-refractivity contribution is -0.0390. The number of aromatic nitrogens is 1. The van der Waals surface area contributed by atoms with Gasteiger partial charge in [0.1, 0.15) is 0 Å². The van der Waals surface area contributed by atoms with Crippen LogP contribution < -0.4 is 5.32 Å². The predicted octanol–water partition coefficient (Wildman–Crippen LogP) is 1.83. The van der Waals surface area contributed by atoms with Crippen molar-refractivity contribution in [1.29, 1.82) is 0 Å². The fourth-order valence-electron chi connectivity index (χ4n) is 3.71. The summed E-state index contributed by atoms with van der Waals surface area (Å²) in [5, 5.41) is 4.10. The van der Waals surface area contributed by atoms with Crippen LogP contribution in [0, 0.1) is 0 Å². The molecule has 1 aromatic heterocycles. The second kappa shape index (κ2) is 5.91. The number of fused-ring (bicyclic) bond motifs is 2. The summed E-state index contributed by atoms with van der Waals surface area (Å²) in [6.45, 7) is 4.74. The van der Waals surface area contributed by atoms with Gasteiger partial charge in [-0.15, -0.1) is 0 Å². The van der Waals surface area contributed by atoms with E-state index in [0.29, 0.717) is 11.6 Å². The first kappa shape index (κ1) is 14.6. The van der Waals surface area contributed by atoms with E-state index >= 15 is 0 Å². The molecule has 0 unspecified atom stereocenters. The largest absolute Gasteiger partial charge is 0.376 e. The van der Waals surface area contributed by atoms with Gasteiger partial charge in [0.2, 0.25) is 0 Å². The zero-order chi connectivity index (χ0) is 15.8. The van der Waals surface area contributed by atoms with Crippen molar-refractivity contribution in [2.24, 2.45) is 0 Å². The van der Waals surface area contributed by atoms with Gasteiger partial charge < -0.3 is 10.1 Å². The second-order valence-corrected chi connectivity index (χ2v) is 6.53. The van der Waals surface area contributed by atoms with Crippen molar-refractivity contribution in [3.8, 4) is 0 Å². The van der Waals surface area contributed by atoms with E-state index in [9.17, 15) is 4.79 Å². The molecule has 2 saturated heterocycles. The predicted molar refractivity (Wildman–Crippen MR) is 88.4 cm³/mol. The van der Waals surface area contributed by atoms with Gasteiger partial charge in [0.25, 0.3) is 5.91 Å². The average molecular weight is 311 g/mol. The van der Waals surface area contributed by atoms with Gasteiger partial charge in [0.15, 0.2) is 0 Å². The number of nitrogens with zero attached hydrogens (tertiary/aromatic N) is 2. The monoisotopic (exact) mass is 311 g/mol. The van der Waals surface area contributed by atoms with Crippen molar-refractivity contribution in [2.45, 2.75) is 31.5 Å². The Hall–Kier alpha value is -1.98. The summed E-state index contributed by atoms with van der Waals surface area (Å²) >= 11 is 0. The molecule has 2 aliphatic heterocycles. The number of pyridine rings is 1. The molecule has 1 amide bonds. The lowest BCUT2D eigenvalue weighted by Crippen LogP contribution is -2.45. The molecule has 2 aliphatic rings. The second-order valence-electron chi connectivity index (χ2n) is 6.53. The van der Waals surface area contributed by atoms with Gasteiger partial charge in [0, 0.05) is 42.3 Å². The Balaban J connectivity index is 1.50. The summed E-state index contributed by atoms with van der Waals surface area (Å²) in [7, 11) is 0. The van der Waals surface area contributed by atoms with Crippen molar-refractivity contribution in [1.82, 2.24) is 15.2 Å². The first-order valence-corrected chi connectivity index (χ1v) is 8.21. The summed E-state index contributed by atoms with van der Waals surface area (Å²) in [4.78, 5) is 19.4. The SMILES string of the molecule is C[C@H]1CN2C[C@H](NC(=O)c3cccc4ncccc34)C[C@H]2CO1. The Labute approximate surface area is 135 Å². The zero-order valence-corrected chi connectivity index (χ0v) is 13.2. The van der Waals surface area contributed by atoms with Crippen LogP contribution in [0.25, 0.3) is 10.9 Å². The van der Waals surface area contributed by atoms with Crippen LogP contribution in [-0.2, 0) is 4.74 Å². The number of carbonyl (C=O) groups excluding carboxylic acids is 1. The molecule has 3 atom stereocenters. The van der Waals surface area contributed by atoms with E-state index in [1.807, 2.05) is 30.3 Å². The van der Waals surface area contributed by atoms with Gasteiger partial charge >= 0.3 is 0 Å². The molecule has 5 heteroatoms. The van der Waals surface area contributed by atoms with Crippen molar-refractivity contribution < 1.29 is 9.53 Å². The molecule has 0 aliphatic carbocycles. The molecule has 0 spiro atoms. The van der Waals surface area contributed by atoms with E-state index in [1.165, 1.54) is 0 Å². The summed E-state index contributed by atoms with van der Waals surface area (Å²) < 4.78 is 5.72. The van der Waals surface area contributed by atoms with Gasteiger partial charge in [-0.2, -0.15) is 0 Å². The molecule has 1 aromatic carbocycles. The summed E-state index contributed by atoms with van der Waals surface area (Å²) in [6.07, 6.45) is 2.99. The van der Waals surface area contributed by atoms with E-state index < -0.39 is 0 Å². The van der Waals surface area contributed by atoms with Crippen LogP contribution in [0.1, 0.15) is 23.7 Å². The van der Waals surface area contributed by atoms with Gasteiger partial charge in [-0.1, -0.05) is 12.1 Å². The minimum atomic E-state index is -0.0117. The molecule has 4 rings (SSSR count). The normalized spacial score (nSPS) is 27.8. The maximum Gasteiger partial charge on any atom is 0.252 e. The molecule has 1 N–H and O–H groups in total. The third-order valence-electron chi connectivity index (χ3n) is 4.82. The minimum Gasteiger partial charge on any atom is -0.376 e. The molecule has 120 valence electrons. The van der Waals surface area contributed by atoms with Crippen molar-refractivity contribution >= 4 is 16.8 Å². The smallest absolute Gasteiger partial charge is 0.252 e. The Kier molecular flexibility index (Phi) is 3.75. The Morgan fingerprint density at radius 2 is 2.22 bits per heavy atom. The number of amides is 1. The van der Waals surface area contributed by atoms with Crippen LogP contribution in [0.15, 0.2) is 36.5 Å². The third kappa shape index (κ3) is 2.82. The highest BCUT2D eigenvalue weighted by Gasteiger charge is 2.36. The number of carbonyl (C=O) groups is 1. The number of benzene rings is 1. The van der Waals surface area contributed by atoms with Crippen LogP contribution in [-0.4, -0.2) is 53.7 Å². The highest BCUT2D eigenvalue weighted by atomic mass is 16.5. The first-order valence-electron chi connectivity index (χ1n) is 8.21. The van der Waals surface area contributed by atoms with Crippen molar-refractivity contribution in [2.75, 3.05) is 19.7 Å². The quantitative estimate of drug-likeness (QED) is 0.919. The highest BCUT2D eigenvalue weighted by Crippen LogP contribution is 2.24. The lowest BCUT2D eigenvalue weighted by atomic mass is 10.1. The first-order chi connectivity index (χ1) is 11.2. The average Bonchev–Trinajstić information content (AvgIpc) is 2.95. The van der Waals surface area contributed by atoms with Gasteiger partial charge in [-0.25, -0.2) is 0 Å². The van der Waals surface area contributed by atoms with Gasteiger partial charge in [0.05, 0.1) is 18.2 Å². The molecule has 2 aromatic rings. The van der Waals surface area contributed by atoms with Crippen LogP contribution in [0.3, 0.4) is 0 Å². The minimum absolute atomic E-state index is 0.0117. The molecule has 0 radical (unpaired) electrons. The van der Waals surface area contributed by atoms with Gasteiger partial charge in [-0.05, 0) is 31.5 Å². The zero-order valence-electron chi connectivity index (χ0n) is 13.2. The van der Waals surface area contributed by atoms with Crippen LogP contribution in [0.2, 0.25) is 0 Å². The number of rotatable bonds is 2. The highest BCUT2D eigenvalue weighted by molar-refractivity contribution is 6.06. The molecule has 23 heavy (non-hydrogen) atoms. The molecule has 3 heterocycles. The van der Waals surface area contributed by atoms with Crippen LogP contribution in [0.4, 0.5) is 0 Å². The van der Waals surface area contributed by atoms with Gasteiger partial charge in [-0.3, -0.25) is 14.7 Å². The fourth-order valence-corrected chi connectivity index (χ4v) is 3.71. The lowest BCUT2D eigenvalue weighted by Gasteiger charge is -2.33. The fraction of sp³-hybridized carbons (Fsp3) is 0.444. The van der Waals surface area contributed by atoms with E-state index in [-0.39, 0.29) is 18.1 Å². The number of nitrogens with one attached hydrogen (secondary N) is 1. The number of hydrogen-bond acceptors (Lipinski definition) is 4. The maximum atomic E-state index is 12.7. The molecule has 0 saturated carbocycles.